The van der Waals surface area contributed by atoms with Crippen molar-refractivity contribution in [1.82, 2.24) is 0 Å². The topological polar surface area (TPSA) is 174 Å². The molecule has 2 atom stereocenters. The highest BCUT2D eigenvalue weighted by Crippen LogP contribution is 2.50. The number of aryl methyl sites for hydroxylation is 2. The normalized spacial score (nSPS) is 17.0. The van der Waals surface area contributed by atoms with Crippen LogP contribution in [-0.4, -0.2) is 47.2 Å². The number of fused-ring (bicyclic) bond motifs is 4. The molecule has 0 saturated carbocycles. The summed E-state index contributed by atoms with van der Waals surface area (Å²) in [5.41, 5.74) is -2.09. The average Bonchev–Trinajstić information content (AvgIpc) is 2.89. The number of rotatable bonds is 3. The van der Waals surface area contributed by atoms with E-state index in [1.165, 1.54) is 45.4 Å². The minimum absolute atomic E-state index is 0.0455. The molecule has 0 unspecified atom stereocenters. The summed E-state index contributed by atoms with van der Waals surface area (Å²) in [5.74, 6) is -4.66. The van der Waals surface area contributed by atoms with Crippen molar-refractivity contribution in [3.63, 3.8) is 0 Å². The molecule has 0 radical (unpaired) electrons. The van der Waals surface area contributed by atoms with Crippen molar-refractivity contribution in [2.24, 2.45) is 0 Å². The Morgan fingerprint density at radius 1 is 0.707 bits per heavy atom. The molecule has 1 aliphatic rings. The summed E-state index contributed by atoms with van der Waals surface area (Å²) in [5, 5.41) is 33.3. The summed E-state index contributed by atoms with van der Waals surface area (Å²) in [4.78, 5) is 53.2. The van der Waals surface area contributed by atoms with Crippen molar-refractivity contribution in [1.29, 1.82) is 0 Å². The van der Waals surface area contributed by atoms with Crippen molar-refractivity contribution in [2.45, 2.75) is 25.9 Å². The number of hydrogen-bond acceptors (Lipinski definition) is 11. The number of ketones is 2. The van der Waals surface area contributed by atoms with Crippen LogP contribution in [0.2, 0.25) is 0 Å². The Balaban J connectivity index is 1.69. The van der Waals surface area contributed by atoms with E-state index in [9.17, 15) is 34.5 Å². The van der Waals surface area contributed by atoms with Gasteiger partial charge in [-0.2, -0.15) is 0 Å². The van der Waals surface area contributed by atoms with Gasteiger partial charge >= 0.3 is 0 Å². The minimum atomic E-state index is -1.58. The van der Waals surface area contributed by atoms with Crippen LogP contribution in [0.5, 0.6) is 23.0 Å². The highest BCUT2D eigenvalue weighted by molar-refractivity contribution is 6.23. The molecule has 11 nitrogen and oxygen atoms in total. The van der Waals surface area contributed by atoms with Gasteiger partial charge in [0.05, 0.1) is 29.5 Å². The quantitative estimate of drug-likeness (QED) is 0.273. The first-order valence-electron chi connectivity index (χ1n) is 12.4. The first-order chi connectivity index (χ1) is 19.5. The lowest BCUT2D eigenvalue weighted by Crippen LogP contribution is -2.41. The van der Waals surface area contributed by atoms with Crippen LogP contribution in [0.4, 0.5) is 0 Å². The number of carbonyl (C=O) groups is 2. The molecular weight excluding hydrogens is 536 g/mol. The van der Waals surface area contributed by atoms with Gasteiger partial charge in [0.1, 0.15) is 62.6 Å². The molecule has 0 aliphatic heterocycles. The van der Waals surface area contributed by atoms with Crippen molar-refractivity contribution in [2.75, 3.05) is 14.2 Å². The number of ether oxygens (including phenoxy) is 2. The lowest BCUT2D eigenvalue weighted by molar-refractivity contribution is 0.0444. The number of carbonyl (C=O) groups excluding carboxylic acids is 2. The van der Waals surface area contributed by atoms with Crippen LogP contribution in [0.1, 0.15) is 43.7 Å². The molecule has 0 saturated heterocycles. The van der Waals surface area contributed by atoms with Crippen molar-refractivity contribution < 1.29 is 43.2 Å². The Labute approximate surface area is 229 Å². The van der Waals surface area contributed by atoms with Gasteiger partial charge in [-0.1, -0.05) is 0 Å². The smallest absolute Gasteiger partial charge is 0.196 e. The Kier molecular flexibility index (Phi) is 5.68. The van der Waals surface area contributed by atoms with Gasteiger partial charge in [-0.05, 0) is 37.4 Å². The fraction of sp³-hybridized carbons (Fsp3) is 0.200. The Bertz CT molecular complexity index is 2120. The molecule has 6 rings (SSSR count). The lowest BCUT2D eigenvalue weighted by Gasteiger charge is -2.32. The number of phenols is 3. The Morgan fingerprint density at radius 2 is 1.29 bits per heavy atom. The lowest BCUT2D eigenvalue weighted by atomic mass is 9.74. The van der Waals surface area contributed by atoms with Crippen molar-refractivity contribution in [3.8, 4) is 23.0 Å². The van der Waals surface area contributed by atoms with Gasteiger partial charge in [0.2, 0.25) is 0 Å². The van der Waals surface area contributed by atoms with E-state index >= 15 is 0 Å². The van der Waals surface area contributed by atoms with Crippen LogP contribution in [0.25, 0.3) is 32.7 Å². The third-order valence-corrected chi connectivity index (χ3v) is 7.45. The summed E-state index contributed by atoms with van der Waals surface area (Å²) in [6.07, 6.45) is -1.50. The molecular formula is C30H22O11. The second-order valence-electron chi connectivity index (χ2n) is 9.86. The third-order valence-electron chi connectivity index (χ3n) is 7.45. The number of hydrogen-bond donors (Lipinski definition) is 3. The molecule has 3 N–H and O–H groups in total. The van der Waals surface area contributed by atoms with E-state index in [4.69, 9.17) is 18.3 Å². The van der Waals surface area contributed by atoms with Crippen LogP contribution in [0, 0.1) is 13.8 Å². The summed E-state index contributed by atoms with van der Waals surface area (Å²) >= 11 is 0. The van der Waals surface area contributed by atoms with Crippen molar-refractivity contribution >= 4 is 44.3 Å². The molecule has 41 heavy (non-hydrogen) atoms. The van der Waals surface area contributed by atoms with Crippen LogP contribution in [0.15, 0.2) is 48.8 Å². The van der Waals surface area contributed by atoms with Crippen molar-refractivity contribution in [3.05, 3.63) is 79.0 Å². The molecule has 0 fully saturated rings. The SMILES string of the molecule is COc1cc2cc3oc(C)cc(=O)c3c(O)c2c(O)c1[C@@H]1C(=O)c2c(cc3oc(C)cc(=O)c3c2O)C(=O)[C@@H]1OC. The molecule has 208 valence electrons. The third kappa shape index (κ3) is 3.55. The van der Waals surface area contributed by atoms with Gasteiger partial charge in [0.25, 0.3) is 0 Å². The molecule has 1 aliphatic carbocycles. The highest BCUT2D eigenvalue weighted by Gasteiger charge is 2.47. The number of aromatic hydroxyl groups is 3. The van der Waals surface area contributed by atoms with E-state index in [0.717, 1.165) is 6.07 Å². The predicted molar refractivity (Wildman–Crippen MR) is 146 cm³/mol. The molecule has 2 heterocycles. The molecule has 3 aromatic carbocycles. The zero-order valence-electron chi connectivity index (χ0n) is 22.1. The molecule has 5 aromatic rings. The predicted octanol–water partition coefficient (Wildman–Crippen LogP) is 3.97. The highest BCUT2D eigenvalue weighted by atomic mass is 16.5. The van der Waals surface area contributed by atoms with E-state index in [2.05, 4.69) is 0 Å². The zero-order valence-corrected chi connectivity index (χ0v) is 22.1. The molecule has 11 heteroatoms. The van der Waals surface area contributed by atoms with E-state index < -0.39 is 57.3 Å². The van der Waals surface area contributed by atoms with Gasteiger partial charge in [-0.15, -0.1) is 0 Å². The second kappa shape index (κ2) is 8.93. The molecule has 2 aromatic heterocycles. The fourth-order valence-electron chi connectivity index (χ4n) is 5.73. The maximum atomic E-state index is 14.1. The van der Waals surface area contributed by atoms with Gasteiger partial charge in [-0.3, -0.25) is 19.2 Å². The summed E-state index contributed by atoms with van der Waals surface area (Å²) in [6, 6.07) is 6.37. The van der Waals surface area contributed by atoms with Crippen LogP contribution < -0.4 is 15.6 Å². The number of Topliss-reactive ketones (excluding diaryl/α,β-unsaturated/α-hetero) is 2. The fourth-order valence-corrected chi connectivity index (χ4v) is 5.73. The van der Waals surface area contributed by atoms with E-state index in [0.29, 0.717) is 5.76 Å². The first kappa shape index (κ1) is 26.1. The second-order valence-corrected chi connectivity index (χ2v) is 9.86. The zero-order chi connectivity index (χ0) is 29.5. The molecule has 0 amide bonds. The summed E-state index contributed by atoms with van der Waals surface area (Å²) < 4.78 is 22.1. The number of methoxy groups -OCH3 is 2. The monoisotopic (exact) mass is 558 g/mol. The van der Waals surface area contributed by atoms with Crippen LogP contribution in [0.3, 0.4) is 0 Å². The largest absolute Gasteiger partial charge is 0.507 e. The summed E-state index contributed by atoms with van der Waals surface area (Å²) in [7, 11) is 2.47. The van der Waals surface area contributed by atoms with Crippen LogP contribution >= 0.6 is 0 Å². The molecule has 0 bridgehead atoms. The van der Waals surface area contributed by atoms with Crippen LogP contribution in [-0.2, 0) is 4.74 Å². The standard InChI is InChI=1S/C30H22O11/c1-10-5-14(31)21-17(40-10)8-12-7-16(38-3)23(27(35)19(12)26(21)34)24-29(37)20-13(25(33)30(24)39-4)9-18-22(28(20)36)15(32)6-11(2)41-18/h5-9,24,30,34-36H,1-4H3/t24-,30-/m1/s1. The van der Waals surface area contributed by atoms with Gasteiger partial charge in [0, 0.05) is 24.8 Å². The number of phenolic OH excluding ortho intramolecular Hbond substituents is 3. The minimum Gasteiger partial charge on any atom is -0.507 e. The first-order valence-corrected chi connectivity index (χ1v) is 12.4. The maximum absolute atomic E-state index is 14.1. The van der Waals surface area contributed by atoms with Gasteiger partial charge < -0.3 is 33.6 Å². The van der Waals surface area contributed by atoms with Gasteiger partial charge in [0.15, 0.2) is 22.4 Å². The summed E-state index contributed by atoms with van der Waals surface area (Å²) in [6.45, 7) is 3.10. The van der Waals surface area contributed by atoms with E-state index in [-0.39, 0.29) is 55.3 Å². The number of benzene rings is 3. The van der Waals surface area contributed by atoms with E-state index in [1.54, 1.807) is 6.92 Å². The Hall–Kier alpha value is -5.16. The maximum Gasteiger partial charge on any atom is 0.196 e. The average molecular weight is 558 g/mol. The molecule has 0 spiro atoms. The van der Waals surface area contributed by atoms with E-state index in [1.807, 2.05) is 0 Å². The Morgan fingerprint density at radius 3 is 1.88 bits per heavy atom. The van der Waals surface area contributed by atoms with Gasteiger partial charge in [-0.25, -0.2) is 0 Å².